The van der Waals surface area contributed by atoms with Crippen molar-refractivity contribution in [2.24, 2.45) is 5.92 Å². The number of carbonyl (C=O) groups is 1. The average Bonchev–Trinajstić information content (AvgIpc) is 2.76. The van der Waals surface area contributed by atoms with Gasteiger partial charge in [0.05, 0.1) is 12.0 Å². The maximum absolute atomic E-state index is 12.4. The minimum atomic E-state index is -4.77. The molecule has 2 atom stereocenters. The number of hydrogen-bond donors (Lipinski definition) is 0. The van der Waals surface area contributed by atoms with Crippen molar-refractivity contribution >= 4 is 5.78 Å². The van der Waals surface area contributed by atoms with E-state index in [0.29, 0.717) is 6.42 Å². The van der Waals surface area contributed by atoms with Gasteiger partial charge in [-0.3, -0.25) is 4.79 Å². The molecule has 0 unspecified atom stereocenters. The van der Waals surface area contributed by atoms with Crippen LogP contribution in [0.25, 0.3) is 0 Å². The number of ketones is 1. The van der Waals surface area contributed by atoms with E-state index in [-0.39, 0.29) is 13.0 Å². The van der Waals surface area contributed by atoms with Gasteiger partial charge in [0.15, 0.2) is 0 Å². The number of hydrogen-bond acceptors (Lipinski definition) is 2. The summed E-state index contributed by atoms with van der Waals surface area (Å²) in [5, 5.41) is 0. The zero-order chi connectivity index (χ0) is 13.2. The second-order valence-corrected chi connectivity index (χ2v) is 4.36. The minimum absolute atomic E-state index is 0.149. The van der Waals surface area contributed by atoms with Gasteiger partial charge in [0.25, 0.3) is 0 Å². The first-order valence-corrected chi connectivity index (χ1v) is 5.75. The van der Waals surface area contributed by atoms with E-state index in [4.69, 9.17) is 4.74 Å². The van der Waals surface area contributed by atoms with Gasteiger partial charge in [0.1, 0.15) is 0 Å². The molecule has 1 aliphatic heterocycles. The van der Waals surface area contributed by atoms with Gasteiger partial charge in [0, 0.05) is 6.61 Å². The van der Waals surface area contributed by atoms with Crippen LogP contribution in [-0.2, 0) is 16.0 Å². The van der Waals surface area contributed by atoms with Crippen LogP contribution in [0, 0.1) is 5.92 Å². The Morgan fingerprint density at radius 2 is 1.94 bits per heavy atom. The van der Waals surface area contributed by atoms with Crippen molar-refractivity contribution in [2.45, 2.75) is 25.1 Å². The predicted octanol–water partition coefficient (Wildman–Crippen LogP) is 2.77. The molecule has 1 aliphatic rings. The molecule has 98 valence electrons. The van der Waals surface area contributed by atoms with E-state index < -0.39 is 24.0 Å². The molecule has 1 saturated heterocycles. The third-order valence-electron chi connectivity index (χ3n) is 3.11. The zero-order valence-corrected chi connectivity index (χ0v) is 9.61. The largest absolute Gasteiger partial charge is 0.450 e. The van der Waals surface area contributed by atoms with Gasteiger partial charge in [-0.1, -0.05) is 30.3 Å². The van der Waals surface area contributed by atoms with Crippen LogP contribution in [0.15, 0.2) is 30.3 Å². The van der Waals surface area contributed by atoms with Gasteiger partial charge in [-0.15, -0.1) is 0 Å². The van der Waals surface area contributed by atoms with Crippen molar-refractivity contribution in [3.8, 4) is 0 Å². The molecule has 0 saturated carbocycles. The highest BCUT2D eigenvalue weighted by Crippen LogP contribution is 2.31. The summed E-state index contributed by atoms with van der Waals surface area (Å²) in [5.74, 6) is -2.73. The normalized spacial score (nSPS) is 24.2. The van der Waals surface area contributed by atoms with Gasteiger partial charge < -0.3 is 4.74 Å². The molecule has 0 radical (unpaired) electrons. The molecule has 5 heteroatoms. The number of alkyl halides is 3. The van der Waals surface area contributed by atoms with Crippen LogP contribution >= 0.6 is 0 Å². The quantitative estimate of drug-likeness (QED) is 0.833. The lowest BCUT2D eigenvalue weighted by Crippen LogP contribution is -2.36. The molecule has 18 heavy (non-hydrogen) atoms. The molecule has 0 amide bonds. The Bertz CT molecular complexity index is 414. The Hall–Kier alpha value is -1.36. The first-order chi connectivity index (χ1) is 8.48. The van der Waals surface area contributed by atoms with Gasteiger partial charge in [-0.2, -0.15) is 13.2 Å². The third kappa shape index (κ3) is 2.90. The molecule has 1 heterocycles. The van der Waals surface area contributed by atoms with E-state index in [2.05, 4.69) is 0 Å². The lowest BCUT2D eigenvalue weighted by molar-refractivity contribution is -0.177. The van der Waals surface area contributed by atoms with Crippen molar-refractivity contribution in [2.75, 3.05) is 6.61 Å². The molecule has 0 bridgehead atoms. The van der Waals surface area contributed by atoms with Gasteiger partial charge in [0.2, 0.25) is 5.78 Å². The summed E-state index contributed by atoms with van der Waals surface area (Å²) in [6, 6.07) is 9.08. The van der Waals surface area contributed by atoms with Crippen LogP contribution < -0.4 is 0 Å². The molecule has 2 rings (SSSR count). The Balaban J connectivity index is 2.07. The van der Waals surface area contributed by atoms with Gasteiger partial charge in [-0.25, -0.2) is 0 Å². The number of rotatable bonds is 3. The Morgan fingerprint density at radius 1 is 1.28 bits per heavy atom. The van der Waals surface area contributed by atoms with Crippen LogP contribution in [0.1, 0.15) is 12.0 Å². The topological polar surface area (TPSA) is 26.3 Å². The van der Waals surface area contributed by atoms with E-state index in [9.17, 15) is 18.0 Å². The minimum Gasteiger partial charge on any atom is -0.377 e. The molecule has 1 aromatic rings. The Morgan fingerprint density at radius 3 is 2.56 bits per heavy atom. The SMILES string of the molecule is O=C([C@@H]1CCO[C@@H]1Cc1ccccc1)C(F)(F)F. The molecule has 0 aromatic heterocycles. The van der Waals surface area contributed by atoms with Gasteiger partial charge in [-0.05, 0) is 18.4 Å². The van der Waals surface area contributed by atoms with Crippen LogP contribution in [0.5, 0.6) is 0 Å². The van der Waals surface area contributed by atoms with Gasteiger partial charge >= 0.3 is 6.18 Å². The summed E-state index contributed by atoms with van der Waals surface area (Å²) in [6.07, 6.45) is -4.95. The Kier molecular flexibility index (Phi) is 3.71. The fraction of sp³-hybridized carbons (Fsp3) is 0.462. The van der Waals surface area contributed by atoms with Crippen molar-refractivity contribution < 1.29 is 22.7 Å². The number of benzene rings is 1. The number of ether oxygens (including phenoxy) is 1. The highest BCUT2D eigenvalue weighted by Gasteiger charge is 2.48. The molecule has 0 spiro atoms. The molecule has 1 fully saturated rings. The third-order valence-corrected chi connectivity index (χ3v) is 3.11. The summed E-state index contributed by atoms with van der Waals surface area (Å²) < 4.78 is 42.5. The standard InChI is InChI=1S/C13H13F3O2/c14-13(15,16)12(17)10-6-7-18-11(10)8-9-4-2-1-3-5-9/h1-5,10-11H,6-8H2/t10-,11-/m1/s1. The Labute approximate surface area is 103 Å². The second-order valence-electron chi connectivity index (χ2n) is 4.36. The molecule has 0 aliphatic carbocycles. The van der Waals surface area contributed by atoms with E-state index in [1.165, 1.54) is 0 Å². The molecular formula is C13H13F3O2. The summed E-state index contributed by atoms with van der Waals surface area (Å²) in [5.41, 5.74) is 0.879. The first kappa shape index (κ1) is 13.1. The van der Waals surface area contributed by atoms with Crippen LogP contribution in [-0.4, -0.2) is 24.7 Å². The van der Waals surface area contributed by atoms with Crippen molar-refractivity contribution in [1.29, 1.82) is 0 Å². The zero-order valence-electron chi connectivity index (χ0n) is 9.61. The van der Waals surface area contributed by atoms with E-state index in [1.807, 2.05) is 30.3 Å². The summed E-state index contributed by atoms with van der Waals surface area (Å²) in [6.45, 7) is 0.212. The maximum atomic E-state index is 12.4. The summed E-state index contributed by atoms with van der Waals surface area (Å²) >= 11 is 0. The fourth-order valence-corrected chi connectivity index (χ4v) is 2.21. The van der Waals surface area contributed by atoms with E-state index >= 15 is 0 Å². The van der Waals surface area contributed by atoms with Crippen molar-refractivity contribution in [3.05, 3.63) is 35.9 Å². The molecule has 1 aromatic carbocycles. The predicted molar refractivity (Wildman–Crippen MR) is 59.1 cm³/mol. The fourth-order valence-electron chi connectivity index (χ4n) is 2.21. The van der Waals surface area contributed by atoms with Crippen LogP contribution in [0.2, 0.25) is 0 Å². The highest BCUT2D eigenvalue weighted by atomic mass is 19.4. The first-order valence-electron chi connectivity index (χ1n) is 5.75. The molecular weight excluding hydrogens is 245 g/mol. The lowest BCUT2D eigenvalue weighted by Gasteiger charge is -2.18. The van der Waals surface area contributed by atoms with Crippen molar-refractivity contribution in [3.63, 3.8) is 0 Å². The average molecular weight is 258 g/mol. The highest BCUT2D eigenvalue weighted by molar-refractivity contribution is 5.87. The summed E-state index contributed by atoms with van der Waals surface area (Å²) in [4.78, 5) is 11.3. The monoisotopic (exact) mass is 258 g/mol. The van der Waals surface area contributed by atoms with E-state index in [0.717, 1.165) is 5.56 Å². The lowest BCUT2D eigenvalue weighted by atomic mass is 9.91. The molecule has 0 N–H and O–H groups in total. The molecule has 2 nitrogen and oxygen atoms in total. The van der Waals surface area contributed by atoms with Crippen LogP contribution in [0.4, 0.5) is 13.2 Å². The van der Waals surface area contributed by atoms with Crippen molar-refractivity contribution in [1.82, 2.24) is 0 Å². The second kappa shape index (κ2) is 5.10. The van der Waals surface area contributed by atoms with E-state index in [1.54, 1.807) is 0 Å². The smallest absolute Gasteiger partial charge is 0.377 e. The number of halogens is 3. The summed E-state index contributed by atoms with van der Waals surface area (Å²) in [7, 11) is 0. The number of Topliss-reactive ketones (excluding diaryl/α,β-unsaturated/α-hetero) is 1. The number of carbonyl (C=O) groups excluding carboxylic acids is 1. The van der Waals surface area contributed by atoms with Crippen LogP contribution in [0.3, 0.4) is 0 Å². The maximum Gasteiger partial charge on any atom is 0.450 e.